The van der Waals surface area contributed by atoms with Gasteiger partial charge in [-0.3, -0.25) is 9.59 Å². The molecule has 0 radical (unpaired) electrons. The van der Waals surface area contributed by atoms with E-state index in [1.165, 1.54) is 5.56 Å². The molecule has 126 valence electrons. The maximum Gasteiger partial charge on any atom is 0.245 e. The van der Waals surface area contributed by atoms with Crippen molar-refractivity contribution in [2.75, 3.05) is 26.8 Å². The smallest absolute Gasteiger partial charge is 0.245 e. The average Bonchev–Trinajstić information content (AvgIpc) is 2.86. The Morgan fingerprint density at radius 1 is 1.35 bits per heavy atom. The Balaban J connectivity index is 1.95. The quantitative estimate of drug-likeness (QED) is 0.743. The van der Waals surface area contributed by atoms with Gasteiger partial charge in [-0.1, -0.05) is 30.3 Å². The normalized spacial score (nSPS) is 20.8. The maximum absolute atomic E-state index is 12.6. The van der Waals surface area contributed by atoms with E-state index in [1.54, 1.807) is 12.0 Å². The molecule has 0 saturated carbocycles. The van der Waals surface area contributed by atoms with Gasteiger partial charge in [0.25, 0.3) is 0 Å². The molecule has 1 atom stereocenters. The summed E-state index contributed by atoms with van der Waals surface area (Å²) in [6, 6.07) is 10.0. The predicted molar refractivity (Wildman–Crippen MR) is 89.0 cm³/mol. The zero-order valence-corrected chi connectivity index (χ0v) is 14.0. The molecule has 1 aliphatic heterocycles. The molecule has 2 amide bonds. The van der Waals surface area contributed by atoms with Gasteiger partial charge in [0.15, 0.2) is 0 Å². The van der Waals surface area contributed by atoms with Crippen LogP contribution in [-0.4, -0.2) is 49.1 Å². The lowest BCUT2D eigenvalue weighted by Gasteiger charge is -2.34. The zero-order chi connectivity index (χ0) is 16.7. The van der Waals surface area contributed by atoms with Crippen LogP contribution in [0.1, 0.15) is 31.7 Å². The fourth-order valence-corrected chi connectivity index (χ4v) is 3.00. The van der Waals surface area contributed by atoms with E-state index in [9.17, 15) is 9.59 Å². The third kappa shape index (κ3) is 4.32. The van der Waals surface area contributed by atoms with E-state index < -0.39 is 5.54 Å². The van der Waals surface area contributed by atoms with E-state index in [0.29, 0.717) is 32.5 Å². The van der Waals surface area contributed by atoms with Crippen molar-refractivity contribution in [2.24, 2.45) is 0 Å². The Labute approximate surface area is 138 Å². The van der Waals surface area contributed by atoms with Crippen LogP contribution in [0.2, 0.25) is 0 Å². The van der Waals surface area contributed by atoms with Crippen LogP contribution in [0.4, 0.5) is 0 Å². The number of rotatable bonds is 8. The van der Waals surface area contributed by atoms with Crippen molar-refractivity contribution >= 4 is 11.8 Å². The molecule has 1 aliphatic rings. The summed E-state index contributed by atoms with van der Waals surface area (Å²) in [5.74, 6) is 0.00277. The number of hydrogen-bond acceptors (Lipinski definition) is 3. The van der Waals surface area contributed by atoms with E-state index in [1.807, 2.05) is 37.3 Å². The SMILES string of the molecule is COCCCNC(=O)[C@@]1(C)CCC(=O)N1CCc1ccccc1. The molecule has 1 saturated heterocycles. The monoisotopic (exact) mass is 318 g/mol. The largest absolute Gasteiger partial charge is 0.385 e. The second-order valence-corrected chi connectivity index (χ2v) is 6.16. The summed E-state index contributed by atoms with van der Waals surface area (Å²) in [6.07, 6.45) is 2.56. The summed E-state index contributed by atoms with van der Waals surface area (Å²) in [5, 5.41) is 2.94. The summed E-state index contributed by atoms with van der Waals surface area (Å²) in [4.78, 5) is 26.5. The topological polar surface area (TPSA) is 58.6 Å². The Kier molecular flexibility index (Phi) is 6.16. The van der Waals surface area contributed by atoms with Crippen LogP contribution < -0.4 is 5.32 Å². The first-order valence-electron chi connectivity index (χ1n) is 8.19. The molecule has 0 aromatic heterocycles. The molecule has 1 aromatic rings. The first-order chi connectivity index (χ1) is 11.1. The number of ether oxygens (including phenoxy) is 1. The Hall–Kier alpha value is -1.88. The van der Waals surface area contributed by atoms with Gasteiger partial charge in [-0.25, -0.2) is 0 Å². The summed E-state index contributed by atoms with van der Waals surface area (Å²) in [5.41, 5.74) is 0.439. The van der Waals surface area contributed by atoms with Crippen molar-refractivity contribution in [1.29, 1.82) is 0 Å². The van der Waals surface area contributed by atoms with Crippen LogP contribution in [-0.2, 0) is 20.7 Å². The standard InChI is InChI=1S/C18H26N2O3/c1-18(17(22)19-12-6-14-23-2)11-9-16(21)20(18)13-10-15-7-4-3-5-8-15/h3-5,7-8H,6,9-14H2,1-2H3,(H,19,22)/t18-/m1/s1. The third-order valence-corrected chi connectivity index (χ3v) is 4.49. The predicted octanol–water partition coefficient (Wildman–Crippen LogP) is 1.76. The minimum atomic E-state index is -0.737. The lowest BCUT2D eigenvalue weighted by atomic mass is 9.97. The van der Waals surface area contributed by atoms with E-state index in [-0.39, 0.29) is 11.8 Å². The summed E-state index contributed by atoms with van der Waals surface area (Å²) >= 11 is 0. The molecule has 5 nitrogen and oxygen atoms in total. The van der Waals surface area contributed by atoms with Gasteiger partial charge in [0, 0.05) is 33.2 Å². The maximum atomic E-state index is 12.6. The van der Waals surface area contributed by atoms with Gasteiger partial charge < -0.3 is 15.0 Å². The van der Waals surface area contributed by atoms with Crippen LogP contribution in [0.5, 0.6) is 0 Å². The summed E-state index contributed by atoms with van der Waals surface area (Å²) in [6.45, 7) is 3.63. The van der Waals surface area contributed by atoms with E-state index in [0.717, 1.165) is 12.8 Å². The van der Waals surface area contributed by atoms with Crippen LogP contribution in [0.3, 0.4) is 0 Å². The van der Waals surface area contributed by atoms with Crippen LogP contribution in [0, 0.1) is 0 Å². The number of nitrogens with one attached hydrogen (secondary N) is 1. The molecule has 23 heavy (non-hydrogen) atoms. The Morgan fingerprint density at radius 3 is 2.78 bits per heavy atom. The van der Waals surface area contributed by atoms with E-state index >= 15 is 0 Å². The highest BCUT2D eigenvalue weighted by Gasteiger charge is 2.46. The van der Waals surface area contributed by atoms with Crippen molar-refractivity contribution in [3.8, 4) is 0 Å². The minimum Gasteiger partial charge on any atom is -0.385 e. The highest BCUT2D eigenvalue weighted by molar-refractivity contribution is 5.94. The van der Waals surface area contributed by atoms with Crippen LogP contribution in [0.15, 0.2) is 30.3 Å². The van der Waals surface area contributed by atoms with Crippen molar-refractivity contribution in [2.45, 2.75) is 38.1 Å². The average molecular weight is 318 g/mol. The van der Waals surface area contributed by atoms with Crippen molar-refractivity contribution in [3.63, 3.8) is 0 Å². The molecule has 0 spiro atoms. The first kappa shape index (κ1) is 17.5. The highest BCUT2D eigenvalue weighted by atomic mass is 16.5. The lowest BCUT2D eigenvalue weighted by Crippen LogP contribution is -2.55. The second-order valence-electron chi connectivity index (χ2n) is 6.16. The molecule has 1 heterocycles. The second kappa shape index (κ2) is 8.11. The molecule has 1 N–H and O–H groups in total. The Morgan fingerprint density at radius 2 is 2.09 bits per heavy atom. The number of hydrogen-bond donors (Lipinski definition) is 1. The molecule has 0 bridgehead atoms. The molecule has 5 heteroatoms. The fourth-order valence-electron chi connectivity index (χ4n) is 3.00. The molecule has 1 fully saturated rings. The number of methoxy groups -OCH3 is 1. The van der Waals surface area contributed by atoms with Gasteiger partial charge >= 0.3 is 0 Å². The molecular weight excluding hydrogens is 292 g/mol. The van der Waals surface area contributed by atoms with Crippen molar-refractivity contribution < 1.29 is 14.3 Å². The van der Waals surface area contributed by atoms with Gasteiger partial charge in [-0.2, -0.15) is 0 Å². The first-order valence-corrected chi connectivity index (χ1v) is 8.19. The molecule has 0 unspecified atom stereocenters. The van der Waals surface area contributed by atoms with Gasteiger partial charge in [0.2, 0.25) is 11.8 Å². The third-order valence-electron chi connectivity index (χ3n) is 4.49. The molecule has 2 rings (SSSR count). The van der Waals surface area contributed by atoms with Crippen LogP contribution >= 0.6 is 0 Å². The molecule has 1 aromatic carbocycles. The molecular formula is C18H26N2O3. The number of likely N-dealkylation sites (tertiary alicyclic amines) is 1. The fraction of sp³-hybridized carbons (Fsp3) is 0.556. The minimum absolute atomic E-state index is 0.0625. The number of carbonyl (C=O) groups is 2. The van der Waals surface area contributed by atoms with Gasteiger partial charge in [-0.15, -0.1) is 0 Å². The van der Waals surface area contributed by atoms with Gasteiger partial charge in [-0.05, 0) is 31.7 Å². The van der Waals surface area contributed by atoms with E-state index in [4.69, 9.17) is 4.74 Å². The molecule has 0 aliphatic carbocycles. The zero-order valence-electron chi connectivity index (χ0n) is 14.0. The Bertz CT molecular complexity index is 532. The van der Waals surface area contributed by atoms with Crippen molar-refractivity contribution in [3.05, 3.63) is 35.9 Å². The van der Waals surface area contributed by atoms with Gasteiger partial charge in [0.05, 0.1) is 0 Å². The summed E-state index contributed by atoms with van der Waals surface area (Å²) in [7, 11) is 1.64. The highest BCUT2D eigenvalue weighted by Crippen LogP contribution is 2.30. The van der Waals surface area contributed by atoms with Crippen molar-refractivity contribution in [1.82, 2.24) is 10.2 Å². The number of carbonyl (C=O) groups excluding carboxylic acids is 2. The number of benzene rings is 1. The number of amides is 2. The van der Waals surface area contributed by atoms with E-state index in [2.05, 4.69) is 5.32 Å². The van der Waals surface area contributed by atoms with Gasteiger partial charge in [0.1, 0.15) is 5.54 Å². The van der Waals surface area contributed by atoms with Crippen LogP contribution in [0.25, 0.3) is 0 Å². The summed E-state index contributed by atoms with van der Waals surface area (Å²) < 4.78 is 4.98. The lowest BCUT2D eigenvalue weighted by molar-refractivity contribution is -0.140. The number of nitrogens with zero attached hydrogens (tertiary/aromatic N) is 1.